The Morgan fingerprint density at radius 3 is 2.39 bits per heavy atom. The van der Waals surface area contributed by atoms with E-state index in [0.29, 0.717) is 25.3 Å². The molecule has 3 aromatic carbocycles. The van der Waals surface area contributed by atoms with Gasteiger partial charge in [-0.15, -0.1) is 0 Å². The molecule has 0 aliphatic heterocycles. The van der Waals surface area contributed by atoms with Gasteiger partial charge >= 0.3 is 5.97 Å². The lowest BCUT2D eigenvalue weighted by atomic mass is 10.1. The average Bonchev–Trinajstić information content (AvgIpc) is 3.07. The fourth-order valence-corrected chi connectivity index (χ4v) is 3.96. The van der Waals surface area contributed by atoms with E-state index in [9.17, 15) is 9.90 Å². The zero-order valence-electron chi connectivity index (χ0n) is 17.8. The SMILES string of the molecule is COc1ccc(CNCc2c(C(=O)O)n(Cc3ccccc3)c3cc(C)ccc23)cc1. The number of carboxylic acid groups (broad SMARTS) is 1. The fraction of sp³-hybridized carbons (Fsp3) is 0.192. The lowest BCUT2D eigenvalue weighted by Gasteiger charge is -2.10. The second-order valence-corrected chi connectivity index (χ2v) is 7.68. The number of nitrogens with zero attached hydrogens (tertiary/aromatic N) is 1. The van der Waals surface area contributed by atoms with Crippen LogP contribution in [0.3, 0.4) is 0 Å². The molecule has 0 saturated heterocycles. The molecule has 0 radical (unpaired) electrons. The Morgan fingerprint density at radius 2 is 1.71 bits per heavy atom. The summed E-state index contributed by atoms with van der Waals surface area (Å²) in [6.45, 7) is 3.65. The monoisotopic (exact) mass is 414 g/mol. The minimum atomic E-state index is -0.911. The maximum absolute atomic E-state index is 12.3. The van der Waals surface area contributed by atoms with Crippen LogP contribution in [0.5, 0.6) is 5.75 Å². The van der Waals surface area contributed by atoms with Crippen molar-refractivity contribution in [1.82, 2.24) is 9.88 Å². The predicted octanol–water partition coefficient (Wildman–Crippen LogP) is 4.99. The van der Waals surface area contributed by atoms with Gasteiger partial charge in [-0.3, -0.25) is 0 Å². The van der Waals surface area contributed by atoms with E-state index in [-0.39, 0.29) is 0 Å². The van der Waals surface area contributed by atoms with Crippen LogP contribution in [0.15, 0.2) is 72.8 Å². The van der Waals surface area contributed by atoms with E-state index in [1.54, 1.807) is 7.11 Å². The number of hydrogen-bond donors (Lipinski definition) is 2. The van der Waals surface area contributed by atoms with Crippen LogP contribution < -0.4 is 10.1 Å². The first kappa shape index (κ1) is 20.7. The van der Waals surface area contributed by atoms with Crippen molar-refractivity contribution in [3.63, 3.8) is 0 Å². The number of hydrogen-bond acceptors (Lipinski definition) is 3. The van der Waals surface area contributed by atoms with Gasteiger partial charge in [0.05, 0.1) is 7.11 Å². The second kappa shape index (κ2) is 9.06. The van der Waals surface area contributed by atoms with Crippen molar-refractivity contribution in [2.24, 2.45) is 0 Å². The van der Waals surface area contributed by atoms with E-state index < -0.39 is 5.97 Å². The van der Waals surface area contributed by atoms with E-state index in [2.05, 4.69) is 11.4 Å². The highest BCUT2D eigenvalue weighted by Crippen LogP contribution is 2.29. The number of carboxylic acids is 1. The van der Waals surface area contributed by atoms with Crippen molar-refractivity contribution < 1.29 is 14.6 Å². The standard InChI is InChI=1S/C26H26N2O3/c1-18-8-13-22-23(16-27-15-19-9-11-21(31-2)12-10-19)25(26(29)30)28(24(22)14-18)17-20-6-4-3-5-7-20/h3-14,27H,15-17H2,1-2H3,(H,29,30). The summed E-state index contributed by atoms with van der Waals surface area (Å²) in [5.41, 5.74) is 5.39. The predicted molar refractivity (Wildman–Crippen MR) is 123 cm³/mol. The molecular formula is C26H26N2O3. The van der Waals surface area contributed by atoms with Crippen LogP contribution in [0.25, 0.3) is 10.9 Å². The molecule has 0 aliphatic rings. The highest BCUT2D eigenvalue weighted by molar-refractivity contribution is 5.98. The number of ether oxygens (including phenoxy) is 1. The molecule has 31 heavy (non-hydrogen) atoms. The van der Waals surface area contributed by atoms with Crippen molar-refractivity contribution in [2.75, 3.05) is 7.11 Å². The first-order valence-corrected chi connectivity index (χ1v) is 10.3. The molecule has 2 N–H and O–H groups in total. The van der Waals surface area contributed by atoms with E-state index >= 15 is 0 Å². The van der Waals surface area contributed by atoms with E-state index in [1.165, 1.54) is 0 Å². The normalized spacial score (nSPS) is 11.0. The van der Waals surface area contributed by atoms with Crippen LogP contribution in [0.1, 0.15) is 32.7 Å². The third-order valence-corrected chi connectivity index (χ3v) is 5.50. The molecule has 4 rings (SSSR count). The third kappa shape index (κ3) is 4.47. The van der Waals surface area contributed by atoms with Gasteiger partial charge in [0, 0.05) is 36.1 Å². The number of aromatic nitrogens is 1. The second-order valence-electron chi connectivity index (χ2n) is 7.68. The van der Waals surface area contributed by atoms with E-state index in [4.69, 9.17) is 4.74 Å². The van der Waals surface area contributed by atoms with E-state index in [1.807, 2.05) is 78.2 Å². The largest absolute Gasteiger partial charge is 0.497 e. The van der Waals surface area contributed by atoms with E-state index in [0.717, 1.165) is 38.9 Å². The van der Waals surface area contributed by atoms with Gasteiger partial charge in [-0.25, -0.2) is 4.79 Å². The Morgan fingerprint density at radius 1 is 0.968 bits per heavy atom. The summed E-state index contributed by atoms with van der Waals surface area (Å²) in [6.07, 6.45) is 0. The number of carbonyl (C=O) groups is 1. The molecule has 0 aliphatic carbocycles. The first-order chi connectivity index (χ1) is 15.1. The summed E-state index contributed by atoms with van der Waals surface area (Å²) >= 11 is 0. The van der Waals surface area contributed by atoms with Gasteiger partial charge in [0.25, 0.3) is 0 Å². The van der Waals surface area contributed by atoms with Crippen LogP contribution in [0, 0.1) is 6.92 Å². The summed E-state index contributed by atoms with van der Waals surface area (Å²) in [5.74, 6) is -0.0951. The quantitative estimate of drug-likeness (QED) is 0.426. The first-order valence-electron chi connectivity index (χ1n) is 10.3. The summed E-state index contributed by atoms with van der Waals surface area (Å²) in [4.78, 5) is 12.3. The number of benzene rings is 3. The lowest BCUT2D eigenvalue weighted by Crippen LogP contribution is -2.17. The number of nitrogens with one attached hydrogen (secondary N) is 1. The van der Waals surface area contributed by atoms with Crippen LogP contribution in [-0.2, 0) is 19.6 Å². The van der Waals surface area contributed by atoms with Crippen LogP contribution >= 0.6 is 0 Å². The minimum absolute atomic E-state index is 0.340. The Bertz CT molecular complexity index is 1200. The summed E-state index contributed by atoms with van der Waals surface area (Å²) in [5, 5.41) is 14.5. The highest BCUT2D eigenvalue weighted by Gasteiger charge is 2.22. The number of rotatable bonds is 8. The molecule has 5 nitrogen and oxygen atoms in total. The van der Waals surface area contributed by atoms with Gasteiger partial charge in [0.1, 0.15) is 11.4 Å². The molecule has 1 aromatic heterocycles. The van der Waals surface area contributed by atoms with Crippen LogP contribution in [-0.4, -0.2) is 22.8 Å². The van der Waals surface area contributed by atoms with Gasteiger partial charge in [0.2, 0.25) is 0 Å². The molecule has 0 unspecified atom stereocenters. The molecular weight excluding hydrogens is 388 g/mol. The zero-order chi connectivity index (χ0) is 21.8. The highest BCUT2D eigenvalue weighted by atomic mass is 16.5. The van der Waals surface area contributed by atoms with Gasteiger partial charge in [-0.1, -0.05) is 54.6 Å². The average molecular weight is 415 g/mol. The number of methoxy groups -OCH3 is 1. The van der Waals surface area contributed by atoms with Gasteiger partial charge < -0.3 is 19.7 Å². The van der Waals surface area contributed by atoms with Crippen molar-refractivity contribution in [3.8, 4) is 5.75 Å². The van der Waals surface area contributed by atoms with Gasteiger partial charge in [-0.2, -0.15) is 0 Å². The minimum Gasteiger partial charge on any atom is -0.497 e. The van der Waals surface area contributed by atoms with Crippen LogP contribution in [0.2, 0.25) is 0 Å². The van der Waals surface area contributed by atoms with Crippen molar-refractivity contribution in [2.45, 2.75) is 26.6 Å². The molecule has 1 heterocycles. The van der Waals surface area contributed by atoms with Crippen LogP contribution in [0.4, 0.5) is 0 Å². The Balaban J connectivity index is 1.68. The summed E-state index contributed by atoms with van der Waals surface area (Å²) in [7, 11) is 1.65. The molecule has 0 fully saturated rings. The molecule has 158 valence electrons. The van der Waals surface area contributed by atoms with Crippen molar-refractivity contribution in [3.05, 3.63) is 101 Å². The Kier molecular flexibility index (Phi) is 6.05. The number of aryl methyl sites for hydroxylation is 1. The fourth-order valence-electron chi connectivity index (χ4n) is 3.96. The van der Waals surface area contributed by atoms with Crippen molar-refractivity contribution >= 4 is 16.9 Å². The van der Waals surface area contributed by atoms with Gasteiger partial charge in [0.15, 0.2) is 0 Å². The molecule has 5 heteroatoms. The maximum Gasteiger partial charge on any atom is 0.352 e. The summed E-state index contributed by atoms with van der Waals surface area (Å²) in [6, 6.07) is 24.0. The maximum atomic E-state index is 12.3. The number of aromatic carboxylic acids is 1. The summed E-state index contributed by atoms with van der Waals surface area (Å²) < 4.78 is 7.13. The lowest BCUT2D eigenvalue weighted by molar-refractivity contribution is 0.0684. The number of fused-ring (bicyclic) bond motifs is 1. The molecule has 0 spiro atoms. The zero-order valence-corrected chi connectivity index (χ0v) is 17.8. The smallest absolute Gasteiger partial charge is 0.352 e. The molecule has 0 bridgehead atoms. The molecule has 0 amide bonds. The third-order valence-electron chi connectivity index (χ3n) is 5.50. The topological polar surface area (TPSA) is 63.5 Å². The van der Waals surface area contributed by atoms with Gasteiger partial charge in [-0.05, 0) is 41.8 Å². The molecule has 0 saturated carbocycles. The Labute approximate surface area is 181 Å². The Hall–Kier alpha value is -3.57. The molecule has 0 atom stereocenters. The van der Waals surface area contributed by atoms with Crippen molar-refractivity contribution in [1.29, 1.82) is 0 Å². The molecule has 4 aromatic rings.